The minimum absolute atomic E-state index is 0.286. The van der Waals surface area contributed by atoms with Crippen LogP contribution in [0.2, 0.25) is 0 Å². The average Bonchev–Trinajstić information content (AvgIpc) is 2.72. The molecule has 2 aromatic carbocycles. The molecule has 7 heteroatoms. The smallest absolute Gasteiger partial charge is 0.139 e. The molecule has 2 aromatic rings. The number of aryl methyl sites for hydroxylation is 2. The van der Waals surface area contributed by atoms with E-state index in [1.807, 2.05) is 5.32 Å². The van der Waals surface area contributed by atoms with Crippen molar-refractivity contribution in [1.29, 1.82) is 0 Å². The Morgan fingerprint density at radius 1 is 0.828 bits per heavy atom. The van der Waals surface area contributed by atoms with E-state index >= 15 is 0 Å². The van der Waals surface area contributed by atoms with E-state index in [2.05, 4.69) is 0 Å². The van der Waals surface area contributed by atoms with Gasteiger partial charge in [0, 0.05) is 0 Å². The molecule has 4 atom stereocenters. The molecule has 0 spiro atoms. The highest BCUT2D eigenvalue weighted by molar-refractivity contribution is 5.36. The van der Waals surface area contributed by atoms with Gasteiger partial charge < -0.3 is 25.0 Å². The quantitative estimate of drug-likeness (QED) is 0.677. The predicted octanol–water partition coefficient (Wildman–Crippen LogP) is 1.34. The second-order valence-corrected chi connectivity index (χ2v) is 7.79. The van der Waals surface area contributed by atoms with E-state index in [0.717, 1.165) is 11.1 Å². The van der Waals surface area contributed by atoms with Gasteiger partial charge in [0.15, 0.2) is 0 Å². The van der Waals surface area contributed by atoms with Crippen molar-refractivity contribution < 1.29 is 33.8 Å². The standard InChI is InChI=1S/C22H25F2NO4/c23-15-3-7-19-13(9-15)1-5-21(28-19)17(26)11-25-12-18(27)22-6-2-14-10-16(24)4-8-20(14)29-22/h3-4,7-10,17-18,21-22,25-27H,1-2,5-6,11-12H2/p+1/t17-,18-,21-,22+/m1/s1. The van der Waals surface area contributed by atoms with Gasteiger partial charge in [0.2, 0.25) is 0 Å². The molecule has 5 nitrogen and oxygen atoms in total. The van der Waals surface area contributed by atoms with Gasteiger partial charge in [-0.2, -0.15) is 0 Å². The summed E-state index contributed by atoms with van der Waals surface area (Å²) in [5.41, 5.74) is 1.64. The maximum Gasteiger partial charge on any atom is 0.139 e. The zero-order valence-corrected chi connectivity index (χ0v) is 16.1. The average molecular weight is 406 g/mol. The lowest BCUT2D eigenvalue weighted by molar-refractivity contribution is -0.668. The van der Waals surface area contributed by atoms with Gasteiger partial charge in [-0.1, -0.05) is 0 Å². The molecule has 2 heterocycles. The van der Waals surface area contributed by atoms with Gasteiger partial charge in [-0.25, -0.2) is 8.78 Å². The Morgan fingerprint density at radius 2 is 1.28 bits per heavy atom. The summed E-state index contributed by atoms with van der Waals surface area (Å²) in [6.07, 6.45) is 0.455. The number of benzene rings is 2. The van der Waals surface area contributed by atoms with Gasteiger partial charge in [-0.15, -0.1) is 0 Å². The number of fused-ring (bicyclic) bond motifs is 2. The molecular weight excluding hydrogens is 380 g/mol. The number of hydrogen-bond acceptors (Lipinski definition) is 4. The number of hydrogen-bond donors (Lipinski definition) is 3. The number of quaternary nitrogens is 1. The van der Waals surface area contributed by atoms with Crippen LogP contribution in [-0.4, -0.2) is 47.7 Å². The molecule has 4 N–H and O–H groups in total. The fraction of sp³-hybridized carbons (Fsp3) is 0.455. The molecule has 156 valence electrons. The van der Waals surface area contributed by atoms with E-state index in [-0.39, 0.29) is 23.8 Å². The van der Waals surface area contributed by atoms with E-state index in [4.69, 9.17) is 9.47 Å². The molecule has 0 aromatic heterocycles. The summed E-state index contributed by atoms with van der Waals surface area (Å²) in [7, 11) is 0. The topological polar surface area (TPSA) is 75.5 Å². The lowest BCUT2D eigenvalue weighted by Gasteiger charge is -2.30. The van der Waals surface area contributed by atoms with Crippen LogP contribution in [0.4, 0.5) is 8.78 Å². The molecule has 0 amide bonds. The third-order valence-corrected chi connectivity index (χ3v) is 5.67. The molecule has 0 unspecified atom stereocenters. The Labute approximate surface area is 168 Å². The van der Waals surface area contributed by atoms with Crippen LogP contribution in [0.5, 0.6) is 11.5 Å². The van der Waals surface area contributed by atoms with Crippen LogP contribution in [0.3, 0.4) is 0 Å². The number of nitrogens with two attached hydrogens (primary N) is 1. The van der Waals surface area contributed by atoms with Gasteiger partial charge in [0.05, 0.1) is 0 Å². The molecule has 0 aliphatic carbocycles. The molecular formula is C22H26F2NO4+. The van der Waals surface area contributed by atoms with Crippen LogP contribution in [0.1, 0.15) is 24.0 Å². The highest BCUT2D eigenvalue weighted by Gasteiger charge is 2.30. The van der Waals surface area contributed by atoms with Crippen molar-refractivity contribution in [1.82, 2.24) is 0 Å². The maximum atomic E-state index is 13.3. The van der Waals surface area contributed by atoms with Crippen molar-refractivity contribution in [2.24, 2.45) is 0 Å². The van der Waals surface area contributed by atoms with Gasteiger partial charge >= 0.3 is 0 Å². The maximum absolute atomic E-state index is 13.3. The monoisotopic (exact) mass is 406 g/mol. The molecule has 0 saturated heterocycles. The van der Waals surface area contributed by atoms with Crippen LogP contribution in [0.25, 0.3) is 0 Å². The van der Waals surface area contributed by atoms with Crippen molar-refractivity contribution >= 4 is 0 Å². The van der Waals surface area contributed by atoms with E-state index in [0.29, 0.717) is 50.3 Å². The van der Waals surface area contributed by atoms with Gasteiger partial charge in [0.1, 0.15) is 60.6 Å². The molecule has 0 radical (unpaired) electrons. The zero-order valence-electron chi connectivity index (χ0n) is 16.1. The Hall–Kier alpha value is -2.22. The number of aliphatic hydroxyl groups excluding tert-OH is 2. The fourth-order valence-electron chi connectivity index (χ4n) is 4.04. The fourth-order valence-corrected chi connectivity index (χ4v) is 4.04. The lowest BCUT2D eigenvalue weighted by Crippen LogP contribution is -2.89. The van der Waals surface area contributed by atoms with Gasteiger partial charge in [-0.3, -0.25) is 0 Å². The summed E-state index contributed by atoms with van der Waals surface area (Å²) in [5, 5.41) is 22.8. The number of ether oxygens (including phenoxy) is 2. The molecule has 2 aliphatic rings. The van der Waals surface area contributed by atoms with E-state index < -0.39 is 12.2 Å². The van der Waals surface area contributed by atoms with Crippen molar-refractivity contribution in [3.05, 3.63) is 59.2 Å². The first-order valence-corrected chi connectivity index (χ1v) is 10.1. The second kappa shape index (κ2) is 8.65. The first-order valence-electron chi connectivity index (χ1n) is 10.1. The van der Waals surface area contributed by atoms with E-state index in [1.54, 1.807) is 12.1 Å². The summed E-state index contributed by atoms with van der Waals surface area (Å²) in [4.78, 5) is 0. The Balaban J connectivity index is 1.24. The molecule has 4 rings (SSSR count). The first kappa shape index (κ1) is 20.1. The zero-order chi connectivity index (χ0) is 20.4. The molecule has 0 saturated carbocycles. The van der Waals surface area contributed by atoms with Crippen molar-refractivity contribution in [2.45, 2.75) is 50.1 Å². The SMILES string of the molecule is O[C@H](C[NH2+]C[C@@H](O)[C@H]1CCc2cc(F)ccc2O1)[C@@H]1CCc2cc(F)ccc2O1. The van der Waals surface area contributed by atoms with Gasteiger partial charge in [0.25, 0.3) is 0 Å². The van der Waals surface area contributed by atoms with Crippen LogP contribution in [0, 0.1) is 11.6 Å². The minimum atomic E-state index is -0.698. The summed E-state index contributed by atoms with van der Waals surface area (Å²) in [5.74, 6) is 0.664. The van der Waals surface area contributed by atoms with E-state index in [9.17, 15) is 19.0 Å². The van der Waals surface area contributed by atoms with E-state index in [1.165, 1.54) is 24.3 Å². The van der Waals surface area contributed by atoms with Crippen LogP contribution in [-0.2, 0) is 12.8 Å². The highest BCUT2D eigenvalue weighted by Crippen LogP contribution is 2.30. The van der Waals surface area contributed by atoms with Gasteiger partial charge in [-0.05, 0) is 73.2 Å². The van der Waals surface area contributed by atoms with Crippen LogP contribution >= 0.6 is 0 Å². The number of aliphatic hydroxyl groups is 2. The van der Waals surface area contributed by atoms with Crippen molar-refractivity contribution in [2.75, 3.05) is 13.1 Å². The molecule has 0 bridgehead atoms. The first-order chi connectivity index (χ1) is 14.0. The number of rotatable bonds is 6. The van der Waals surface area contributed by atoms with Crippen LogP contribution < -0.4 is 14.8 Å². The van der Waals surface area contributed by atoms with Crippen molar-refractivity contribution in [3.8, 4) is 11.5 Å². The summed E-state index contributed by atoms with van der Waals surface area (Å²) < 4.78 is 38.2. The predicted molar refractivity (Wildman–Crippen MR) is 102 cm³/mol. The van der Waals surface area contributed by atoms with Crippen LogP contribution in [0.15, 0.2) is 36.4 Å². The normalized spacial score (nSPS) is 22.6. The summed E-state index contributed by atoms with van der Waals surface area (Å²) in [6, 6.07) is 8.84. The second-order valence-electron chi connectivity index (χ2n) is 7.79. The molecule has 2 aliphatic heterocycles. The Kier molecular flexibility index (Phi) is 5.99. The third-order valence-electron chi connectivity index (χ3n) is 5.67. The third kappa shape index (κ3) is 4.69. The lowest BCUT2D eigenvalue weighted by atomic mass is 9.98. The molecule has 29 heavy (non-hydrogen) atoms. The minimum Gasteiger partial charge on any atom is -0.487 e. The summed E-state index contributed by atoms with van der Waals surface area (Å²) in [6.45, 7) is 0.763. The highest BCUT2D eigenvalue weighted by atomic mass is 19.1. The van der Waals surface area contributed by atoms with Crippen molar-refractivity contribution in [3.63, 3.8) is 0 Å². The Bertz CT molecular complexity index is 793. The molecule has 0 fully saturated rings. The Morgan fingerprint density at radius 3 is 1.72 bits per heavy atom. The largest absolute Gasteiger partial charge is 0.487 e. The summed E-state index contributed by atoms with van der Waals surface area (Å²) >= 11 is 0. The number of halogens is 2.